The second-order valence-electron chi connectivity index (χ2n) is 8.25. The number of anilines is 1. The largest absolute Gasteiger partial charge is 0.373 e. The summed E-state index contributed by atoms with van der Waals surface area (Å²) in [4.78, 5) is 15.2. The maximum Gasteiger partial charge on any atom is 0.258 e. The van der Waals surface area contributed by atoms with Crippen LogP contribution in [-0.4, -0.2) is 50.5 Å². The first-order valence-electron chi connectivity index (χ1n) is 10.4. The average Bonchev–Trinajstić information content (AvgIpc) is 2.72. The van der Waals surface area contributed by atoms with E-state index in [0.29, 0.717) is 25.2 Å². The molecule has 0 spiro atoms. The number of ether oxygens (including phenoxy) is 1. The van der Waals surface area contributed by atoms with E-state index in [-0.39, 0.29) is 23.0 Å². The number of carbonyl (C=O) groups is 1. The van der Waals surface area contributed by atoms with E-state index in [9.17, 15) is 13.2 Å². The van der Waals surface area contributed by atoms with Gasteiger partial charge < -0.3 is 9.64 Å². The minimum atomic E-state index is -3.62. The molecular formula is C23H28N2O4S. The van der Waals surface area contributed by atoms with Crippen molar-refractivity contribution in [1.82, 2.24) is 4.31 Å². The van der Waals surface area contributed by atoms with E-state index in [0.717, 1.165) is 24.1 Å². The van der Waals surface area contributed by atoms with Crippen LogP contribution in [0.2, 0.25) is 0 Å². The molecule has 0 saturated carbocycles. The van der Waals surface area contributed by atoms with Crippen molar-refractivity contribution in [3.05, 3.63) is 59.2 Å². The Morgan fingerprint density at radius 2 is 1.70 bits per heavy atom. The summed E-state index contributed by atoms with van der Waals surface area (Å²) in [5.41, 5.74) is 3.75. The minimum Gasteiger partial charge on any atom is -0.373 e. The van der Waals surface area contributed by atoms with Crippen LogP contribution >= 0.6 is 0 Å². The lowest BCUT2D eigenvalue weighted by Crippen LogP contribution is -2.48. The van der Waals surface area contributed by atoms with Gasteiger partial charge in [0.15, 0.2) is 0 Å². The number of morpholine rings is 1. The lowest BCUT2D eigenvalue weighted by atomic mass is 9.97. The average molecular weight is 429 g/mol. The van der Waals surface area contributed by atoms with Gasteiger partial charge in [0.05, 0.1) is 22.8 Å². The first kappa shape index (κ1) is 21.0. The fourth-order valence-corrected chi connectivity index (χ4v) is 6.04. The fourth-order valence-electron chi connectivity index (χ4n) is 4.45. The Balaban J connectivity index is 1.58. The van der Waals surface area contributed by atoms with Crippen molar-refractivity contribution >= 4 is 21.6 Å². The summed E-state index contributed by atoms with van der Waals surface area (Å²) < 4.78 is 33.2. The molecule has 2 aromatic carbocycles. The lowest BCUT2D eigenvalue weighted by molar-refractivity contribution is -0.0440. The number of rotatable bonds is 3. The van der Waals surface area contributed by atoms with E-state index >= 15 is 0 Å². The van der Waals surface area contributed by atoms with E-state index in [1.165, 1.54) is 22.0 Å². The molecule has 0 N–H and O–H groups in total. The normalized spacial score (nSPS) is 22.6. The highest BCUT2D eigenvalue weighted by Crippen LogP contribution is 2.32. The van der Waals surface area contributed by atoms with Gasteiger partial charge in [-0.05, 0) is 69.0 Å². The van der Waals surface area contributed by atoms with Crippen molar-refractivity contribution in [3.8, 4) is 0 Å². The molecule has 2 heterocycles. The molecule has 2 atom stereocenters. The molecule has 1 fully saturated rings. The van der Waals surface area contributed by atoms with Gasteiger partial charge in [-0.25, -0.2) is 8.42 Å². The molecular weight excluding hydrogens is 400 g/mol. The smallest absolute Gasteiger partial charge is 0.258 e. The van der Waals surface area contributed by atoms with E-state index in [1.54, 1.807) is 12.1 Å². The summed E-state index contributed by atoms with van der Waals surface area (Å²) in [5, 5.41) is 0. The van der Waals surface area contributed by atoms with Crippen LogP contribution in [0.3, 0.4) is 0 Å². The Kier molecular flexibility index (Phi) is 5.70. The molecule has 7 heteroatoms. The Bertz CT molecular complexity index is 1040. The Hall–Kier alpha value is -2.22. The van der Waals surface area contributed by atoms with Gasteiger partial charge in [0.2, 0.25) is 10.0 Å². The van der Waals surface area contributed by atoms with Gasteiger partial charge in [0, 0.05) is 25.2 Å². The van der Waals surface area contributed by atoms with Crippen molar-refractivity contribution in [1.29, 1.82) is 0 Å². The first-order valence-corrected chi connectivity index (χ1v) is 11.9. The van der Waals surface area contributed by atoms with Crippen LogP contribution in [0.4, 0.5) is 5.69 Å². The topological polar surface area (TPSA) is 66.9 Å². The van der Waals surface area contributed by atoms with E-state index < -0.39 is 10.0 Å². The highest BCUT2D eigenvalue weighted by molar-refractivity contribution is 7.89. The molecule has 2 aromatic rings. The zero-order valence-electron chi connectivity index (χ0n) is 17.7. The van der Waals surface area contributed by atoms with Crippen LogP contribution < -0.4 is 4.90 Å². The second-order valence-corrected chi connectivity index (χ2v) is 10.2. The number of carbonyl (C=O) groups excluding carboxylic acids is 1. The number of aryl methyl sites for hydroxylation is 2. The van der Waals surface area contributed by atoms with Crippen molar-refractivity contribution in [3.63, 3.8) is 0 Å². The molecule has 160 valence electrons. The summed E-state index contributed by atoms with van der Waals surface area (Å²) in [5.74, 6) is -0.0946. The van der Waals surface area contributed by atoms with E-state index in [1.807, 2.05) is 37.8 Å². The Morgan fingerprint density at radius 1 is 1.03 bits per heavy atom. The number of sulfonamides is 1. The van der Waals surface area contributed by atoms with Crippen molar-refractivity contribution < 1.29 is 17.9 Å². The summed E-state index contributed by atoms with van der Waals surface area (Å²) in [6.45, 7) is 7.09. The van der Waals surface area contributed by atoms with Gasteiger partial charge >= 0.3 is 0 Å². The predicted molar refractivity (Wildman–Crippen MR) is 116 cm³/mol. The lowest BCUT2D eigenvalue weighted by Gasteiger charge is -2.34. The summed E-state index contributed by atoms with van der Waals surface area (Å²) >= 11 is 0. The maximum absolute atomic E-state index is 13.2. The molecule has 2 aliphatic rings. The van der Waals surface area contributed by atoms with E-state index in [4.69, 9.17) is 4.74 Å². The molecule has 1 amide bonds. The summed E-state index contributed by atoms with van der Waals surface area (Å²) in [6, 6.07) is 12.4. The third kappa shape index (κ3) is 3.89. The van der Waals surface area contributed by atoms with E-state index in [2.05, 4.69) is 6.07 Å². The molecule has 30 heavy (non-hydrogen) atoms. The third-order valence-corrected chi connectivity index (χ3v) is 7.64. The zero-order valence-corrected chi connectivity index (χ0v) is 18.5. The third-order valence-electron chi connectivity index (χ3n) is 5.79. The molecule has 4 rings (SSSR count). The molecule has 0 radical (unpaired) electrons. The number of nitrogens with zero attached hydrogens (tertiary/aromatic N) is 2. The molecule has 0 aliphatic carbocycles. The Labute approximate surface area is 178 Å². The van der Waals surface area contributed by atoms with Crippen LogP contribution in [0.1, 0.15) is 41.8 Å². The number of hydrogen-bond acceptors (Lipinski definition) is 4. The van der Waals surface area contributed by atoms with Crippen molar-refractivity contribution in [2.24, 2.45) is 0 Å². The second kappa shape index (κ2) is 8.13. The van der Waals surface area contributed by atoms with Gasteiger partial charge in [0.25, 0.3) is 5.91 Å². The molecule has 2 aliphatic heterocycles. The number of benzene rings is 2. The summed E-state index contributed by atoms with van der Waals surface area (Å²) in [7, 11) is -3.62. The van der Waals surface area contributed by atoms with Crippen LogP contribution in [0.25, 0.3) is 0 Å². The molecule has 0 aromatic heterocycles. The van der Waals surface area contributed by atoms with Crippen molar-refractivity contribution in [2.75, 3.05) is 24.5 Å². The molecule has 1 saturated heterocycles. The highest BCUT2D eigenvalue weighted by atomic mass is 32.2. The van der Waals surface area contributed by atoms with Gasteiger partial charge in [-0.3, -0.25) is 4.79 Å². The SMILES string of the molecule is Cc1cccc2c1N(C(=O)c1ccc(S(=O)(=O)N3CC(C)OC(C)C3)cc1)CCC2. The van der Waals surface area contributed by atoms with Gasteiger partial charge in [-0.1, -0.05) is 18.2 Å². The number of hydrogen-bond donors (Lipinski definition) is 0. The van der Waals surface area contributed by atoms with Crippen LogP contribution in [0.5, 0.6) is 0 Å². The first-order chi connectivity index (χ1) is 14.3. The Morgan fingerprint density at radius 3 is 2.37 bits per heavy atom. The maximum atomic E-state index is 13.2. The molecule has 2 unspecified atom stereocenters. The summed E-state index contributed by atoms with van der Waals surface area (Å²) in [6.07, 6.45) is 1.59. The monoisotopic (exact) mass is 428 g/mol. The van der Waals surface area contributed by atoms with Crippen molar-refractivity contribution in [2.45, 2.75) is 50.7 Å². The number of amides is 1. The fraction of sp³-hybridized carbons (Fsp3) is 0.435. The zero-order chi connectivity index (χ0) is 21.5. The van der Waals surface area contributed by atoms with Gasteiger partial charge in [-0.2, -0.15) is 4.31 Å². The minimum absolute atomic E-state index is 0.0946. The standard InChI is InChI=1S/C23H28N2O4S/c1-16-6-4-7-19-8-5-13-25(22(16)19)23(26)20-9-11-21(12-10-20)30(27,28)24-14-17(2)29-18(3)15-24/h4,6-7,9-12,17-18H,5,8,13-15H2,1-3H3. The highest BCUT2D eigenvalue weighted by Gasteiger charge is 2.32. The molecule has 0 bridgehead atoms. The number of para-hydroxylation sites is 1. The van der Waals surface area contributed by atoms with Gasteiger partial charge in [0.1, 0.15) is 0 Å². The predicted octanol–water partition coefficient (Wildman–Crippen LogP) is 3.39. The molecule has 6 nitrogen and oxygen atoms in total. The number of fused-ring (bicyclic) bond motifs is 1. The van der Waals surface area contributed by atoms with Crippen LogP contribution in [-0.2, 0) is 21.2 Å². The quantitative estimate of drug-likeness (QED) is 0.752. The van der Waals surface area contributed by atoms with Gasteiger partial charge in [-0.15, -0.1) is 0 Å². The van der Waals surface area contributed by atoms with Crippen LogP contribution in [0, 0.1) is 6.92 Å². The van der Waals surface area contributed by atoms with Crippen LogP contribution in [0.15, 0.2) is 47.4 Å².